The van der Waals surface area contributed by atoms with Gasteiger partial charge in [-0.05, 0) is 12.1 Å². The quantitative estimate of drug-likeness (QED) is 0.854. The highest BCUT2D eigenvalue weighted by atomic mass is 32.2. The molecule has 0 fully saturated rings. The number of carbonyl (C=O) groups excluding carboxylic acids is 1. The van der Waals surface area contributed by atoms with E-state index < -0.39 is 27.5 Å². The summed E-state index contributed by atoms with van der Waals surface area (Å²) in [5.74, 6) is -1.85. The molecule has 1 aromatic rings. The maximum absolute atomic E-state index is 13.7. The fourth-order valence-corrected chi connectivity index (χ4v) is 2.06. The molecule has 0 aliphatic rings. The monoisotopic (exact) mass is 321 g/mol. The predicted molar refractivity (Wildman–Crippen MR) is 77.4 cm³/mol. The highest BCUT2D eigenvalue weighted by Gasteiger charge is 2.14. The Kier molecular flexibility index (Phi) is 5.47. The summed E-state index contributed by atoms with van der Waals surface area (Å²) in [6.07, 6.45) is 1.04. The number of halogens is 2. The second kappa shape index (κ2) is 6.70. The number of hydrogen-bond donors (Lipinski definition) is 2. The lowest BCUT2D eigenvalue weighted by Crippen LogP contribution is -2.32. The van der Waals surface area contributed by atoms with Crippen molar-refractivity contribution >= 4 is 27.2 Å². The Morgan fingerprint density at radius 3 is 2.19 bits per heavy atom. The van der Waals surface area contributed by atoms with E-state index in [0.717, 1.165) is 18.4 Å². The van der Waals surface area contributed by atoms with Gasteiger partial charge in [0.2, 0.25) is 0 Å². The van der Waals surface area contributed by atoms with Crippen LogP contribution in [0.1, 0.15) is 0 Å². The van der Waals surface area contributed by atoms with Crippen LogP contribution in [-0.4, -0.2) is 47.1 Å². The Bertz CT molecular complexity index is 610. The highest BCUT2D eigenvalue weighted by molar-refractivity contribution is 7.90. The number of anilines is 2. The number of rotatable bonds is 5. The van der Waals surface area contributed by atoms with Gasteiger partial charge in [-0.15, -0.1) is 0 Å². The van der Waals surface area contributed by atoms with Crippen molar-refractivity contribution in [1.29, 1.82) is 0 Å². The fraction of sp³-hybridized carbons (Fsp3) is 0.417. The standard InChI is InChI=1S/C12H17F2N3O3S/c1-17(2)11-9(13)6-8(7-10(11)14)16-12(18)15-4-5-21(3,19)20/h6-7H,4-5H2,1-3H3,(H2,15,16,18). The van der Waals surface area contributed by atoms with Crippen molar-refractivity contribution < 1.29 is 22.0 Å². The first-order chi connectivity index (χ1) is 9.60. The van der Waals surface area contributed by atoms with Gasteiger partial charge in [-0.25, -0.2) is 22.0 Å². The molecule has 0 aliphatic carbocycles. The Morgan fingerprint density at radius 2 is 1.76 bits per heavy atom. The molecule has 0 saturated carbocycles. The van der Waals surface area contributed by atoms with E-state index in [0.29, 0.717) is 0 Å². The molecule has 0 spiro atoms. The minimum absolute atomic E-state index is 0.0625. The van der Waals surface area contributed by atoms with Crippen LogP contribution >= 0.6 is 0 Å². The van der Waals surface area contributed by atoms with Gasteiger partial charge in [0.15, 0.2) is 11.6 Å². The van der Waals surface area contributed by atoms with Crippen molar-refractivity contribution in [2.75, 3.05) is 42.9 Å². The van der Waals surface area contributed by atoms with Crippen LogP contribution in [0.15, 0.2) is 12.1 Å². The summed E-state index contributed by atoms with van der Waals surface area (Å²) in [5.41, 5.74) is -0.273. The van der Waals surface area contributed by atoms with E-state index in [1.165, 1.54) is 19.0 Å². The van der Waals surface area contributed by atoms with Crippen molar-refractivity contribution in [2.24, 2.45) is 0 Å². The van der Waals surface area contributed by atoms with E-state index in [9.17, 15) is 22.0 Å². The summed E-state index contributed by atoms with van der Waals surface area (Å²) in [4.78, 5) is 12.7. The van der Waals surface area contributed by atoms with E-state index in [1.54, 1.807) is 0 Å². The summed E-state index contributed by atoms with van der Waals surface area (Å²) in [7, 11) is -0.204. The first kappa shape index (κ1) is 17.2. The molecule has 1 aromatic carbocycles. The first-order valence-corrected chi connectivity index (χ1v) is 8.05. The molecule has 9 heteroatoms. The van der Waals surface area contributed by atoms with Crippen LogP contribution in [0.4, 0.5) is 25.0 Å². The summed E-state index contributed by atoms with van der Waals surface area (Å²) in [6, 6.07) is 1.22. The average molecular weight is 321 g/mol. The van der Waals surface area contributed by atoms with E-state index in [4.69, 9.17) is 0 Å². The molecule has 0 heterocycles. The molecular weight excluding hydrogens is 304 g/mol. The molecule has 118 valence electrons. The molecule has 21 heavy (non-hydrogen) atoms. The normalized spacial score (nSPS) is 11.1. The Labute approximate surface area is 122 Å². The largest absolute Gasteiger partial charge is 0.373 e. The summed E-state index contributed by atoms with van der Waals surface area (Å²) >= 11 is 0. The van der Waals surface area contributed by atoms with E-state index in [2.05, 4.69) is 10.6 Å². The van der Waals surface area contributed by atoms with Gasteiger partial charge in [0.25, 0.3) is 0 Å². The topological polar surface area (TPSA) is 78.5 Å². The van der Waals surface area contributed by atoms with Gasteiger partial charge in [-0.3, -0.25) is 0 Å². The summed E-state index contributed by atoms with van der Waals surface area (Å²) in [5, 5.41) is 4.51. The van der Waals surface area contributed by atoms with Crippen LogP contribution in [0.3, 0.4) is 0 Å². The maximum Gasteiger partial charge on any atom is 0.319 e. The van der Waals surface area contributed by atoms with Gasteiger partial charge in [0.1, 0.15) is 15.5 Å². The van der Waals surface area contributed by atoms with Gasteiger partial charge < -0.3 is 15.5 Å². The number of nitrogens with zero attached hydrogens (tertiary/aromatic N) is 1. The van der Waals surface area contributed by atoms with Gasteiger partial charge >= 0.3 is 6.03 Å². The first-order valence-electron chi connectivity index (χ1n) is 5.99. The molecule has 2 amide bonds. The van der Waals surface area contributed by atoms with Gasteiger partial charge in [-0.1, -0.05) is 0 Å². The molecule has 1 rings (SSSR count). The lowest BCUT2D eigenvalue weighted by atomic mass is 10.2. The highest BCUT2D eigenvalue weighted by Crippen LogP contribution is 2.25. The molecule has 6 nitrogen and oxygen atoms in total. The zero-order valence-corrected chi connectivity index (χ0v) is 12.7. The van der Waals surface area contributed by atoms with Crippen LogP contribution in [0.5, 0.6) is 0 Å². The van der Waals surface area contributed by atoms with Crippen LogP contribution in [0, 0.1) is 11.6 Å². The smallest absolute Gasteiger partial charge is 0.319 e. The van der Waals surface area contributed by atoms with Crippen molar-refractivity contribution in [3.63, 3.8) is 0 Å². The molecule has 0 aromatic heterocycles. The number of hydrogen-bond acceptors (Lipinski definition) is 4. The summed E-state index contributed by atoms with van der Waals surface area (Å²) < 4.78 is 49.1. The molecule has 0 unspecified atom stereocenters. The van der Waals surface area contributed by atoms with Gasteiger partial charge in [0, 0.05) is 32.6 Å². The molecule has 0 radical (unpaired) electrons. The third kappa shape index (κ3) is 5.54. The average Bonchev–Trinajstić information content (AvgIpc) is 2.24. The summed E-state index contributed by atoms with van der Waals surface area (Å²) in [6.45, 7) is -0.0919. The van der Waals surface area contributed by atoms with Crippen LogP contribution in [-0.2, 0) is 9.84 Å². The van der Waals surface area contributed by atoms with Gasteiger partial charge in [0.05, 0.1) is 5.75 Å². The third-order valence-electron chi connectivity index (χ3n) is 2.48. The van der Waals surface area contributed by atoms with Crippen molar-refractivity contribution in [2.45, 2.75) is 0 Å². The molecule has 0 aliphatic heterocycles. The SMILES string of the molecule is CN(C)c1c(F)cc(NC(=O)NCCS(C)(=O)=O)cc1F. The van der Waals surface area contributed by atoms with Crippen LogP contribution in [0.25, 0.3) is 0 Å². The number of nitrogens with one attached hydrogen (secondary N) is 2. The minimum atomic E-state index is -3.19. The van der Waals surface area contributed by atoms with Crippen molar-refractivity contribution in [1.82, 2.24) is 5.32 Å². The van der Waals surface area contributed by atoms with E-state index >= 15 is 0 Å². The zero-order chi connectivity index (χ0) is 16.2. The van der Waals surface area contributed by atoms with Crippen LogP contribution in [0.2, 0.25) is 0 Å². The Hall–Kier alpha value is -1.90. The molecular formula is C12H17F2N3O3S. The van der Waals surface area contributed by atoms with E-state index in [1.807, 2.05) is 0 Å². The number of sulfone groups is 1. The Balaban J connectivity index is 2.69. The lowest BCUT2D eigenvalue weighted by molar-refractivity contribution is 0.252. The van der Waals surface area contributed by atoms with Crippen LogP contribution < -0.4 is 15.5 Å². The second-order valence-electron chi connectivity index (χ2n) is 4.69. The zero-order valence-electron chi connectivity index (χ0n) is 11.9. The number of benzene rings is 1. The third-order valence-corrected chi connectivity index (χ3v) is 3.43. The molecule has 2 N–H and O–H groups in total. The maximum atomic E-state index is 13.7. The molecule has 0 saturated heterocycles. The van der Waals surface area contributed by atoms with Crippen molar-refractivity contribution in [3.05, 3.63) is 23.8 Å². The number of amides is 2. The minimum Gasteiger partial charge on any atom is -0.373 e. The number of urea groups is 1. The lowest BCUT2D eigenvalue weighted by Gasteiger charge is -2.16. The van der Waals surface area contributed by atoms with E-state index in [-0.39, 0.29) is 23.7 Å². The second-order valence-corrected chi connectivity index (χ2v) is 6.95. The number of carbonyl (C=O) groups is 1. The molecule has 0 bridgehead atoms. The van der Waals surface area contributed by atoms with Crippen molar-refractivity contribution in [3.8, 4) is 0 Å². The molecule has 0 atom stereocenters. The van der Waals surface area contributed by atoms with Gasteiger partial charge in [-0.2, -0.15) is 0 Å². The Morgan fingerprint density at radius 1 is 1.24 bits per heavy atom. The predicted octanol–water partition coefficient (Wildman–Crippen LogP) is 1.20. The fourth-order valence-electron chi connectivity index (χ4n) is 1.59.